The van der Waals surface area contributed by atoms with Gasteiger partial charge in [0, 0.05) is 18.2 Å². The maximum atomic E-state index is 13.2. The Balaban J connectivity index is 1.44. The highest BCUT2D eigenvalue weighted by molar-refractivity contribution is 7.15. The third-order valence-corrected chi connectivity index (χ3v) is 8.66. The summed E-state index contributed by atoms with van der Waals surface area (Å²) in [7, 11) is 1.44. The van der Waals surface area contributed by atoms with Gasteiger partial charge in [0.2, 0.25) is 0 Å². The SMILES string of the molecule is CCC(Oc1ccc(-c2noc(=O)[nH]2)c(OC)c1)c1sc(-c2ccc(C(F)(F)F)cc2)nc1CN1CCC(C(F)(F)F)CC1. The minimum atomic E-state index is -4.49. The molecule has 0 spiro atoms. The fraction of sp³-hybridized carbons (Fsp3) is 0.414. The average molecular weight is 643 g/mol. The summed E-state index contributed by atoms with van der Waals surface area (Å²) in [5, 5.41) is 4.16. The van der Waals surface area contributed by atoms with Gasteiger partial charge in [0.15, 0.2) is 5.82 Å². The van der Waals surface area contributed by atoms with Gasteiger partial charge in [0.05, 0.1) is 34.7 Å². The first-order chi connectivity index (χ1) is 20.9. The van der Waals surface area contributed by atoms with Crippen LogP contribution >= 0.6 is 11.3 Å². The number of nitrogens with one attached hydrogen (secondary N) is 1. The first-order valence-electron chi connectivity index (χ1n) is 13.7. The van der Waals surface area contributed by atoms with E-state index >= 15 is 0 Å². The molecule has 1 N–H and O–H groups in total. The molecule has 8 nitrogen and oxygen atoms in total. The number of hydrogen-bond acceptors (Lipinski definition) is 8. The molecule has 1 atom stereocenters. The Hall–Kier alpha value is -3.85. The Morgan fingerprint density at radius 3 is 2.36 bits per heavy atom. The van der Waals surface area contributed by atoms with E-state index in [-0.39, 0.29) is 38.3 Å². The zero-order chi connectivity index (χ0) is 31.6. The van der Waals surface area contributed by atoms with Crippen molar-refractivity contribution in [1.82, 2.24) is 20.0 Å². The molecule has 44 heavy (non-hydrogen) atoms. The summed E-state index contributed by atoms with van der Waals surface area (Å²) in [4.78, 5) is 21.2. The van der Waals surface area contributed by atoms with Crippen LogP contribution < -0.4 is 15.2 Å². The number of likely N-dealkylation sites (tertiary alicyclic amines) is 1. The van der Waals surface area contributed by atoms with E-state index < -0.39 is 35.7 Å². The highest BCUT2D eigenvalue weighted by atomic mass is 32.1. The summed E-state index contributed by atoms with van der Waals surface area (Å²) in [6, 6.07) is 9.59. The van der Waals surface area contributed by atoms with E-state index in [0.29, 0.717) is 44.6 Å². The lowest BCUT2D eigenvalue weighted by Crippen LogP contribution is -2.38. The second-order valence-electron chi connectivity index (χ2n) is 10.3. The topological polar surface area (TPSA) is 93.5 Å². The van der Waals surface area contributed by atoms with Gasteiger partial charge in [-0.3, -0.25) is 14.4 Å². The molecule has 0 radical (unpaired) electrons. The predicted molar refractivity (Wildman–Crippen MR) is 149 cm³/mol. The molecule has 4 aromatic rings. The Labute approximate surface area is 251 Å². The van der Waals surface area contributed by atoms with Crippen molar-refractivity contribution in [1.29, 1.82) is 0 Å². The fourth-order valence-corrected chi connectivity index (χ4v) is 6.25. The number of benzene rings is 2. The molecule has 1 fully saturated rings. The quantitative estimate of drug-likeness (QED) is 0.189. The number of ether oxygens (including phenoxy) is 2. The minimum Gasteiger partial charge on any atom is -0.496 e. The largest absolute Gasteiger partial charge is 0.496 e. The van der Waals surface area contributed by atoms with Crippen LogP contribution in [-0.2, 0) is 12.7 Å². The van der Waals surface area contributed by atoms with Crippen LogP contribution in [0.25, 0.3) is 22.0 Å². The highest BCUT2D eigenvalue weighted by Gasteiger charge is 2.41. The van der Waals surface area contributed by atoms with Gasteiger partial charge < -0.3 is 9.47 Å². The number of piperidine rings is 1. The molecule has 2 aromatic carbocycles. The second kappa shape index (κ2) is 12.6. The molecule has 1 unspecified atom stereocenters. The van der Waals surface area contributed by atoms with E-state index in [1.807, 2.05) is 11.8 Å². The number of aromatic nitrogens is 3. The normalized spacial score (nSPS) is 15.8. The Kier molecular flexibility index (Phi) is 9.07. The lowest BCUT2D eigenvalue weighted by Gasteiger charge is -2.32. The smallest absolute Gasteiger partial charge is 0.439 e. The number of halogens is 6. The first-order valence-corrected chi connectivity index (χ1v) is 14.5. The monoisotopic (exact) mass is 642 g/mol. The van der Waals surface area contributed by atoms with Crippen molar-refractivity contribution in [3.05, 3.63) is 69.1 Å². The third kappa shape index (κ3) is 7.09. The van der Waals surface area contributed by atoms with Crippen LogP contribution in [-0.4, -0.2) is 46.4 Å². The van der Waals surface area contributed by atoms with Crippen molar-refractivity contribution < 1.29 is 40.3 Å². The molecule has 1 saturated heterocycles. The Bertz CT molecular complexity index is 1620. The number of rotatable bonds is 9. The van der Waals surface area contributed by atoms with Gasteiger partial charge in [-0.25, -0.2) is 9.78 Å². The van der Waals surface area contributed by atoms with E-state index in [0.717, 1.165) is 12.1 Å². The van der Waals surface area contributed by atoms with Crippen LogP contribution in [0.15, 0.2) is 51.8 Å². The summed E-state index contributed by atoms with van der Waals surface area (Å²) < 4.78 is 95.6. The van der Waals surface area contributed by atoms with Gasteiger partial charge in [-0.05, 0) is 56.6 Å². The van der Waals surface area contributed by atoms with E-state index in [9.17, 15) is 31.1 Å². The van der Waals surface area contributed by atoms with Gasteiger partial charge in [-0.1, -0.05) is 24.2 Å². The number of thiazole rings is 1. The highest BCUT2D eigenvalue weighted by Crippen LogP contribution is 2.40. The lowest BCUT2D eigenvalue weighted by molar-refractivity contribution is -0.185. The number of nitrogens with zero attached hydrogens (tertiary/aromatic N) is 3. The van der Waals surface area contributed by atoms with E-state index in [4.69, 9.17) is 14.5 Å². The summed E-state index contributed by atoms with van der Waals surface area (Å²) in [6.07, 6.45) is -8.83. The second-order valence-corrected chi connectivity index (χ2v) is 11.3. The van der Waals surface area contributed by atoms with Gasteiger partial charge in [-0.2, -0.15) is 26.3 Å². The average Bonchev–Trinajstić information content (AvgIpc) is 3.61. The molecule has 3 heterocycles. The molecule has 0 aliphatic carbocycles. The summed E-state index contributed by atoms with van der Waals surface area (Å²) in [5.74, 6) is -1.13. The molecule has 2 aromatic heterocycles. The molecule has 15 heteroatoms. The van der Waals surface area contributed by atoms with Crippen LogP contribution in [0.3, 0.4) is 0 Å². The van der Waals surface area contributed by atoms with Crippen molar-refractivity contribution in [3.63, 3.8) is 0 Å². The molecular weight excluding hydrogens is 614 g/mol. The maximum absolute atomic E-state index is 13.2. The molecule has 0 bridgehead atoms. The van der Waals surface area contributed by atoms with Crippen molar-refractivity contribution in [2.45, 2.75) is 51.2 Å². The van der Waals surface area contributed by atoms with Crippen LogP contribution in [0.5, 0.6) is 11.5 Å². The van der Waals surface area contributed by atoms with E-state index in [2.05, 4.69) is 14.7 Å². The van der Waals surface area contributed by atoms with Crippen LogP contribution in [0.1, 0.15) is 48.4 Å². The van der Waals surface area contributed by atoms with Gasteiger partial charge in [0.1, 0.15) is 22.6 Å². The van der Waals surface area contributed by atoms with Crippen molar-refractivity contribution in [3.8, 4) is 33.5 Å². The number of hydrogen-bond donors (Lipinski definition) is 1. The van der Waals surface area contributed by atoms with Gasteiger partial charge >= 0.3 is 18.1 Å². The molecule has 1 aliphatic rings. The lowest BCUT2D eigenvalue weighted by atomic mass is 9.96. The van der Waals surface area contributed by atoms with Crippen LogP contribution in [0.2, 0.25) is 0 Å². The standard InChI is InChI=1S/C29H28F6N4O4S/c1-3-22(42-19-8-9-20(23(14-19)41-2)25-37-27(40)43-38-25)24-21(15-39-12-10-18(11-13-39)29(33,34)35)36-26(44-24)16-4-6-17(7-5-16)28(30,31)32/h4-9,14,18,22H,3,10-13,15H2,1-2H3,(H,37,38,40). The van der Waals surface area contributed by atoms with Crippen molar-refractivity contribution in [2.75, 3.05) is 20.2 Å². The molecule has 0 saturated carbocycles. The number of H-pyrrole nitrogens is 1. The molecular formula is C29H28F6N4O4S. The van der Waals surface area contributed by atoms with Crippen molar-refractivity contribution in [2.24, 2.45) is 5.92 Å². The van der Waals surface area contributed by atoms with Gasteiger partial charge in [0.25, 0.3) is 0 Å². The zero-order valence-corrected chi connectivity index (χ0v) is 24.4. The fourth-order valence-electron chi connectivity index (χ4n) is 5.06. The Morgan fingerprint density at radius 2 is 1.80 bits per heavy atom. The van der Waals surface area contributed by atoms with E-state index in [1.54, 1.807) is 18.2 Å². The molecule has 1 aliphatic heterocycles. The van der Waals surface area contributed by atoms with Crippen LogP contribution in [0, 0.1) is 5.92 Å². The zero-order valence-electron chi connectivity index (χ0n) is 23.6. The number of methoxy groups -OCH3 is 1. The number of aromatic amines is 1. The van der Waals surface area contributed by atoms with E-state index in [1.165, 1.54) is 30.6 Å². The first kappa shape index (κ1) is 31.6. The maximum Gasteiger partial charge on any atom is 0.439 e. The minimum absolute atomic E-state index is 0.0225. The molecule has 236 valence electrons. The Morgan fingerprint density at radius 1 is 1.09 bits per heavy atom. The number of alkyl halides is 6. The predicted octanol–water partition coefficient (Wildman–Crippen LogP) is 7.49. The van der Waals surface area contributed by atoms with Crippen molar-refractivity contribution >= 4 is 11.3 Å². The molecule has 0 amide bonds. The van der Waals surface area contributed by atoms with Crippen LogP contribution in [0.4, 0.5) is 26.3 Å². The van der Waals surface area contributed by atoms with Gasteiger partial charge in [-0.15, -0.1) is 11.3 Å². The molecule has 5 rings (SSSR count). The summed E-state index contributed by atoms with van der Waals surface area (Å²) in [5.41, 5.74) is 0.747. The summed E-state index contributed by atoms with van der Waals surface area (Å²) in [6.45, 7) is 2.62. The summed E-state index contributed by atoms with van der Waals surface area (Å²) >= 11 is 1.27. The third-order valence-electron chi connectivity index (χ3n) is 7.42.